The van der Waals surface area contributed by atoms with Gasteiger partial charge in [-0.15, -0.1) is 0 Å². The maximum atomic E-state index is 5.96. The molecule has 0 fully saturated rings. The van der Waals surface area contributed by atoms with E-state index in [1.165, 1.54) is 24.1 Å². The number of halogens is 1. The largest absolute Gasteiger partial charge is 0.378 e. The van der Waals surface area contributed by atoms with E-state index in [4.69, 9.17) is 11.6 Å². The van der Waals surface area contributed by atoms with E-state index in [9.17, 15) is 0 Å². The first-order valence-corrected chi connectivity index (χ1v) is 7.24. The molecule has 0 saturated heterocycles. The number of anilines is 1. The van der Waals surface area contributed by atoms with Gasteiger partial charge in [0.15, 0.2) is 0 Å². The van der Waals surface area contributed by atoms with Gasteiger partial charge in [0.05, 0.1) is 6.04 Å². The Kier molecular flexibility index (Phi) is 5.29. The maximum absolute atomic E-state index is 5.96. The van der Waals surface area contributed by atoms with Gasteiger partial charge in [-0.3, -0.25) is 0 Å². The molecule has 0 aromatic heterocycles. The van der Waals surface area contributed by atoms with E-state index in [1.807, 2.05) is 18.2 Å². The van der Waals surface area contributed by atoms with Gasteiger partial charge in [-0.25, -0.2) is 0 Å². The second kappa shape index (κ2) is 7.20. The topological polar surface area (TPSA) is 12.0 Å². The minimum absolute atomic E-state index is 0.347. The van der Waals surface area contributed by atoms with Gasteiger partial charge in [0.1, 0.15) is 0 Å². The molecule has 0 aliphatic rings. The van der Waals surface area contributed by atoms with Gasteiger partial charge in [-0.1, -0.05) is 61.7 Å². The van der Waals surface area contributed by atoms with Crippen LogP contribution in [0.5, 0.6) is 0 Å². The quantitative estimate of drug-likeness (QED) is 0.713. The second-order valence-corrected chi connectivity index (χ2v) is 5.19. The highest BCUT2D eigenvalue weighted by molar-refractivity contribution is 6.30. The van der Waals surface area contributed by atoms with Crippen LogP contribution in [0.3, 0.4) is 0 Å². The molecule has 0 unspecified atom stereocenters. The van der Waals surface area contributed by atoms with Crippen molar-refractivity contribution < 1.29 is 0 Å². The highest BCUT2D eigenvalue weighted by Crippen LogP contribution is 2.25. The summed E-state index contributed by atoms with van der Waals surface area (Å²) in [6.07, 6.45) is 3.56. The van der Waals surface area contributed by atoms with E-state index in [0.29, 0.717) is 6.04 Å². The van der Waals surface area contributed by atoms with Gasteiger partial charge < -0.3 is 5.32 Å². The van der Waals surface area contributed by atoms with Gasteiger partial charge in [-0.2, -0.15) is 0 Å². The van der Waals surface area contributed by atoms with Crippen molar-refractivity contribution in [3.05, 3.63) is 65.2 Å². The molecule has 0 radical (unpaired) electrons. The van der Waals surface area contributed by atoms with Crippen molar-refractivity contribution in [3.63, 3.8) is 0 Å². The predicted octanol–water partition coefficient (Wildman–Crippen LogP) is 5.68. The Bertz CT molecular complexity index is 478. The van der Waals surface area contributed by atoms with Crippen molar-refractivity contribution in [1.29, 1.82) is 0 Å². The lowest BCUT2D eigenvalue weighted by atomic mass is 10.0. The first kappa shape index (κ1) is 14.0. The summed E-state index contributed by atoms with van der Waals surface area (Å²) in [5.74, 6) is 0. The van der Waals surface area contributed by atoms with Crippen LogP contribution < -0.4 is 5.32 Å². The van der Waals surface area contributed by atoms with Gasteiger partial charge >= 0.3 is 0 Å². The number of hydrogen-bond acceptors (Lipinski definition) is 1. The van der Waals surface area contributed by atoms with E-state index in [1.54, 1.807) is 0 Å². The van der Waals surface area contributed by atoms with Gasteiger partial charge in [-0.05, 0) is 36.2 Å². The van der Waals surface area contributed by atoms with Gasteiger partial charge in [0.25, 0.3) is 0 Å². The Morgan fingerprint density at radius 3 is 2.32 bits per heavy atom. The van der Waals surface area contributed by atoms with Gasteiger partial charge in [0, 0.05) is 10.7 Å². The van der Waals surface area contributed by atoms with E-state index in [-0.39, 0.29) is 0 Å². The molecular weight excluding hydrogens is 254 g/mol. The summed E-state index contributed by atoms with van der Waals surface area (Å²) in [5.41, 5.74) is 2.46. The lowest BCUT2D eigenvalue weighted by Gasteiger charge is -2.20. The summed E-state index contributed by atoms with van der Waals surface area (Å²) in [6, 6.07) is 18.8. The van der Waals surface area contributed by atoms with E-state index < -0.39 is 0 Å². The molecule has 2 rings (SSSR count). The van der Waals surface area contributed by atoms with Crippen molar-refractivity contribution >= 4 is 17.3 Å². The average molecular weight is 274 g/mol. The smallest absolute Gasteiger partial charge is 0.0513 e. The molecule has 2 heteroatoms. The third-order valence-corrected chi connectivity index (χ3v) is 3.49. The molecule has 0 heterocycles. The SMILES string of the molecule is CCCC[C@@H](Nc1ccccc1)c1ccc(Cl)cc1. The molecule has 0 bridgehead atoms. The highest BCUT2D eigenvalue weighted by atomic mass is 35.5. The summed E-state index contributed by atoms with van der Waals surface area (Å²) in [6.45, 7) is 2.22. The Morgan fingerprint density at radius 1 is 1.00 bits per heavy atom. The highest BCUT2D eigenvalue weighted by Gasteiger charge is 2.10. The lowest BCUT2D eigenvalue weighted by Crippen LogP contribution is -2.10. The number of nitrogens with one attached hydrogen (secondary N) is 1. The average Bonchev–Trinajstić information content (AvgIpc) is 2.45. The van der Waals surface area contributed by atoms with Crippen molar-refractivity contribution in [3.8, 4) is 0 Å². The minimum atomic E-state index is 0.347. The molecule has 2 aromatic rings. The number of rotatable bonds is 6. The van der Waals surface area contributed by atoms with Crippen molar-refractivity contribution in [2.75, 3.05) is 5.32 Å². The summed E-state index contributed by atoms with van der Waals surface area (Å²) in [7, 11) is 0. The van der Waals surface area contributed by atoms with Crippen LogP contribution in [0.15, 0.2) is 54.6 Å². The summed E-state index contributed by atoms with van der Waals surface area (Å²) in [5, 5.41) is 4.40. The van der Waals surface area contributed by atoms with Crippen LogP contribution in [0.4, 0.5) is 5.69 Å². The van der Waals surface area contributed by atoms with E-state index in [2.05, 4.69) is 48.6 Å². The Hall–Kier alpha value is -1.47. The molecule has 2 aromatic carbocycles. The molecule has 1 nitrogen and oxygen atoms in total. The van der Waals surface area contributed by atoms with Crippen LogP contribution in [0.1, 0.15) is 37.8 Å². The molecule has 100 valence electrons. The molecule has 19 heavy (non-hydrogen) atoms. The monoisotopic (exact) mass is 273 g/mol. The summed E-state index contributed by atoms with van der Waals surface area (Å²) in [4.78, 5) is 0. The minimum Gasteiger partial charge on any atom is -0.378 e. The van der Waals surface area contributed by atoms with Gasteiger partial charge in [0.2, 0.25) is 0 Å². The zero-order chi connectivity index (χ0) is 13.5. The second-order valence-electron chi connectivity index (χ2n) is 4.76. The lowest BCUT2D eigenvalue weighted by molar-refractivity contribution is 0.634. The van der Waals surface area contributed by atoms with E-state index in [0.717, 1.165) is 11.4 Å². The fourth-order valence-electron chi connectivity index (χ4n) is 2.16. The van der Waals surface area contributed by atoms with Crippen LogP contribution in [-0.2, 0) is 0 Å². The zero-order valence-corrected chi connectivity index (χ0v) is 12.0. The molecule has 0 amide bonds. The van der Waals surface area contributed by atoms with Crippen LogP contribution >= 0.6 is 11.6 Å². The molecular formula is C17H20ClN. The fraction of sp³-hybridized carbons (Fsp3) is 0.294. The number of para-hydroxylation sites is 1. The van der Waals surface area contributed by atoms with Crippen molar-refractivity contribution in [2.24, 2.45) is 0 Å². The Balaban J connectivity index is 2.13. The maximum Gasteiger partial charge on any atom is 0.0513 e. The standard InChI is InChI=1S/C17H20ClN/c1-2-3-9-17(14-10-12-15(18)13-11-14)19-16-7-5-4-6-8-16/h4-8,10-13,17,19H,2-3,9H2,1H3/t17-/m1/s1. The predicted molar refractivity (Wildman–Crippen MR) is 83.8 cm³/mol. The summed E-state index contributed by atoms with van der Waals surface area (Å²) >= 11 is 5.96. The number of benzene rings is 2. The molecule has 0 saturated carbocycles. The molecule has 0 spiro atoms. The van der Waals surface area contributed by atoms with E-state index >= 15 is 0 Å². The fourth-order valence-corrected chi connectivity index (χ4v) is 2.29. The van der Waals surface area contributed by atoms with Crippen LogP contribution in [0, 0.1) is 0 Å². The number of unbranched alkanes of at least 4 members (excludes halogenated alkanes) is 1. The Labute approximate surface area is 120 Å². The molecule has 0 aliphatic heterocycles. The first-order chi connectivity index (χ1) is 9.29. The van der Waals surface area contributed by atoms with Crippen LogP contribution in [-0.4, -0.2) is 0 Å². The number of hydrogen-bond donors (Lipinski definition) is 1. The van der Waals surface area contributed by atoms with Crippen LogP contribution in [0.2, 0.25) is 5.02 Å². The molecule has 0 aliphatic carbocycles. The molecule has 1 atom stereocenters. The normalized spacial score (nSPS) is 12.1. The third-order valence-electron chi connectivity index (χ3n) is 3.23. The Morgan fingerprint density at radius 2 is 1.68 bits per heavy atom. The van der Waals surface area contributed by atoms with Crippen LogP contribution in [0.25, 0.3) is 0 Å². The molecule has 1 N–H and O–H groups in total. The third kappa shape index (κ3) is 4.29. The summed E-state index contributed by atoms with van der Waals surface area (Å²) < 4.78 is 0. The van der Waals surface area contributed by atoms with Crippen molar-refractivity contribution in [1.82, 2.24) is 0 Å². The first-order valence-electron chi connectivity index (χ1n) is 6.86. The zero-order valence-electron chi connectivity index (χ0n) is 11.3. The van der Waals surface area contributed by atoms with Crippen molar-refractivity contribution in [2.45, 2.75) is 32.2 Å².